The standard InChI is InChI=1S/C21H28N2O2/c1-20(2,3)23-13-10-17(16-23)19(24)22-14-11-21(25-4,12-15-22)18-8-6-5-7-9-18/h5-10,13,16H,11-12,14-15H2,1-4H3. The van der Waals surface area contributed by atoms with Crippen LogP contribution in [-0.4, -0.2) is 35.6 Å². The molecule has 0 N–H and O–H groups in total. The van der Waals surface area contributed by atoms with E-state index in [1.807, 2.05) is 41.6 Å². The summed E-state index contributed by atoms with van der Waals surface area (Å²) in [6.07, 6.45) is 5.58. The number of benzene rings is 1. The van der Waals surface area contributed by atoms with Crippen LogP contribution < -0.4 is 0 Å². The summed E-state index contributed by atoms with van der Waals surface area (Å²) in [4.78, 5) is 14.8. The third-order valence-electron chi connectivity index (χ3n) is 5.26. The van der Waals surface area contributed by atoms with E-state index in [1.54, 1.807) is 7.11 Å². The number of piperidine rings is 1. The van der Waals surface area contributed by atoms with E-state index in [1.165, 1.54) is 5.56 Å². The SMILES string of the molecule is COC1(c2ccccc2)CCN(C(=O)c2ccn(C(C)(C)C)c2)CC1. The van der Waals surface area contributed by atoms with E-state index in [2.05, 4.69) is 37.5 Å². The fraction of sp³-hybridized carbons (Fsp3) is 0.476. The highest BCUT2D eigenvalue weighted by molar-refractivity contribution is 5.94. The fourth-order valence-electron chi connectivity index (χ4n) is 3.55. The number of likely N-dealkylation sites (tertiary alicyclic amines) is 1. The van der Waals surface area contributed by atoms with Crippen LogP contribution in [0.2, 0.25) is 0 Å². The third-order valence-corrected chi connectivity index (χ3v) is 5.26. The van der Waals surface area contributed by atoms with Crippen LogP contribution >= 0.6 is 0 Å². The fourth-order valence-corrected chi connectivity index (χ4v) is 3.55. The molecule has 1 aromatic heterocycles. The Balaban J connectivity index is 1.71. The summed E-state index contributed by atoms with van der Waals surface area (Å²) in [5.74, 6) is 0.112. The molecule has 134 valence electrons. The first-order chi connectivity index (χ1) is 11.9. The highest BCUT2D eigenvalue weighted by Gasteiger charge is 2.37. The first-order valence-corrected chi connectivity index (χ1v) is 8.94. The van der Waals surface area contributed by atoms with Gasteiger partial charge in [0.2, 0.25) is 0 Å². The lowest BCUT2D eigenvalue weighted by atomic mass is 9.84. The van der Waals surface area contributed by atoms with Crippen LogP contribution in [0.15, 0.2) is 48.8 Å². The molecule has 1 aliphatic rings. The van der Waals surface area contributed by atoms with Crippen LogP contribution in [0.3, 0.4) is 0 Å². The quantitative estimate of drug-likeness (QED) is 0.846. The molecule has 1 aromatic carbocycles. The third kappa shape index (κ3) is 3.49. The number of amides is 1. The van der Waals surface area contributed by atoms with Gasteiger partial charge in [0, 0.05) is 38.1 Å². The maximum atomic E-state index is 12.8. The van der Waals surface area contributed by atoms with Crippen molar-refractivity contribution >= 4 is 5.91 Å². The Morgan fingerprint density at radius 1 is 1.08 bits per heavy atom. The predicted octanol–water partition coefficient (Wildman–Crippen LogP) is 4.02. The van der Waals surface area contributed by atoms with Crippen LogP contribution in [0.1, 0.15) is 49.5 Å². The van der Waals surface area contributed by atoms with Crippen molar-refractivity contribution in [3.63, 3.8) is 0 Å². The summed E-state index contributed by atoms with van der Waals surface area (Å²) in [6.45, 7) is 7.82. The summed E-state index contributed by atoms with van der Waals surface area (Å²) in [5.41, 5.74) is 1.66. The number of aromatic nitrogens is 1. The minimum atomic E-state index is -0.282. The minimum absolute atomic E-state index is 0.0149. The van der Waals surface area contributed by atoms with Crippen molar-refractivity contribution < 1.29 is 9.53 Å². The maximum absolute atomic E-state index is 12.8. The Morgan fingerprint density at radius 2 is 1.72 bits per heavy atom. The van der Waals surface area contributed by atoms with Crippen molar-refractivity contribution in [2.75, 3.05) is 20.2 Å². The van der Waals surface area contributed by atoms with E-state index in [-0.39, 0.29) is 17.0 Å². The van der Waals surface area contributed by atoms with Gasteiger partial charge in [0.15, 0.2) is 0 Å². The molecule has 2 heterocycles. The van der Waals surface area contributed by atoms with Gasteiger partial charge in [-0.05, 0) is 45.2 Å². The Hall–Kier alpha value is -2.07. The average molecular weight is 340 g/mol. The monoisotopic (exact) mass is 340 g/mol. The zero-order valence-electron chi connectivity index (χ0n) is 15.7. The molecular weight excluding hydrogens is 312 g/mol. The van der Waals surface area contributed by atoms with Gasteiger partial charge in [-0.3, -0.25) is 4.79 Å². The molecule has 1 fully saturated rings. The molecule has 0 unspecified atom stereocenters. The summed E-state index contributed by atoms with van der Waals surface area (Å²) >= 11 is 0. The van der Waals surface area contributed by atoms with Crippen LogP contribution in [0.4, 0.5) is 0 Å². The van der Waals surface area contributed by atoms with Crippen molar-refractivity contribution in [1.82, 2.24) is 9.47 Å². The molecule has 0 aliphatic carbocycles. The molecule has 4 heteroatoms. The van der Waals surface area contributed by atoms with E-state index >= 15 is 0 Å². The van der Waals surface area contributed by atoms with Crippen LogP contribution in [0.5, 0.6) is 0 Å². The number of carbonyl (C=O) groups excluding carboxylic acids is 1. The molecule has 0 bridgehead atoms. The largest absolute Gasteiger partial charge is 0.373 e. The summed E-state index contributed by atoms with van der Waals surface area (Å²) < 4.78 is 8.00. The first kappa shape index (κ1) is 17.7. The zero-order valence-corrected chi connectivity index (χ0v) is 15.7. The van der Waals surface area contributed by atoms with E-state index < -0.39 is 0 Å². The van der Waals surface area contributed by atoms with Crippen molar-refractivity contribution in [1.29, 1.82) is 0 Å². The lowest BCUT2D eigenvalue weighted by Gasteiger charge is -2.41. The predicted molar refractivity (Wildman–Crippen MR) is 99.7 cm³/mol. The van der Waals surface area contributed by atoms with E-state index in [4.69, 9.17) is 4.74 Å². The molecule has 0 atom stereocenters. The maximum Gasteiger partial charge on any atom is 0.255 e. The van der Waals surface area contributed by atoms with Crippen molar-refractivity contribution in [3.05, 3.63) is 59.9 Å². The van der Waals surface area contributed by atoms with E-state index in [0.717, 1.165) is 18.4 Å². The van der Waals surface area contributed by atoms with Crippen LogP contribution in [0.25, 0.3) is 0 Å². The van der Waals surface area contributed by atoms with Crippen LogP contribution in [-0.2, 0) is 15.9 Å². The van der Waals surface area contributed by atoms with Gasteiger partial charge in [0.05, 0.1) is 11.2 Å². The van der Waals surface area contributed by atoms with Crippen molar-refractivity contribution in [2.24, 2.45) is 0 Å². The Labute approximate surface area is 150 Å². The van der Waals surface area contributed by atoms with E-state index in [0.29, 0.717) is 13.1 Å². The van der Waals surface area contributed by atoms with Gasteiger partial charge in [0.1, 0.15) is 0 Å². The molecule has 1 aliphatic heterocycles. The summed E-state index contributed by atoms with van der Waals surface area (Å²) in [5, 5.41) is 0. The number of hydrogen-bond acceptors (Lipinski definition) is 2. The Kier molecular flexibility index (Phi) is 4.74. The van der Waals surface area contributed by atoms with Crippen molar-refractivity contribution in [3.8, 4) is 0 Å². The molecule has 4 nitrogen and oxygen atoms in total. The highest BCUT2D eigenvalue weighted by atomic mass is 16.5. The van der Waals surface area contributed by atoms with Gasteiger partial charge in [-0.1, -0.05) is 30.3 Å². The molecule has 1 saturated heterocycles. The second-order valence-electron chi connectivity index (χ2n) is 7.83. The summed E-state index contributed by atoms with van der Waals surface area (Å²) in [7, 11) is 1.77. The normalized spacial score (nSPS) is 17.5. The second-order valence-corrected chi connectivity index (χ2v) is 7.83. The molecule has 0 radical (unpaired) electrons. The zero-order chi connectivity index (χ0) is 18.1. The average Bonchev–Trinajstić information content (AvgIpc) is 3.12. The van der Waals surface area contributed by atoms with Gasteiger partial charge in [-0.2, -0.15) is 0 Å². The van der Waals surface area contributed by atoms with Gasteiger partial charge >= 0.3 is 0 Å². The summed E-state index contributed by atoms with van der Waals surface area (Å²) in [6, 6.07) is 12.3. The molecule has 0 spiro atoms. The molecule has 3 rings (SSSR count). The number of hydrogen-bond donors (Lipinski definition) is 0. The van der Waals surface area contributed by atoms with Crippen LogP contribution in [0, 0.1) is 0 Å². The van der Waals surface area contributed by atoms with Gasteiger partial charge < -0.3 is 14.2 Å². The number of rotatable bonds is 3. The lowest BCUT2D eigenvalue weighted by Crippen LogP contribution is -2.46. The smallest absolute Gasteiger partial charge is 0.255 e. The molecular formula is C21H28N2O2. The highest BCUT2D eigenvalue weighted by Crippen LogP contribution is 2.36. The number of carbonyl (C=O) groups is 1. The number of nitrogens with zero attached hydrogens (tertiary/aromatic N) is 2. The topological polar surface area (TPSA) is 34.5 Å². The first-order valence-electron chi connectivity index (χ1n) is 8.94. The molecule has 0 saturated carbocycles. The molecule has 2 aromatic rings. The van der Waals surface area contributed by atoms with E-state index in [9.17, 15) is 4.79 Å². The molecule has 1 amide bonds. The Morgan fingerprint density at radius 3 is 2.24 bits per heavy atom. The lowest BCUT2D eigenvalue weighted by molar-refractivity contribution is -0.0574. The Bertz CT molecular complexity index is 720. The van der Waals surface area contributed by atoms with Gasteiger partial charge in [-0.25, -0.2) is 0 Å². The molecule has 25 heavy (non-hydrogen) atoms. The minimum Gasteiger partial charge on any atom is -0.373 e. The number of methoxy groups -OCH3 is 1. The van der Waals surface area contributed by atoms with Crippen molar-refractivity contribution in [2.45, 2.75) is 44.8 Å². The van der Waals surface area contributed by atoms with Gasteiger partial charge in [-0.15, -0.1) is 0 Å². The second kappa shape index (κ2) is 6.68. The van der Waals surface area contributed by atoms with Gasteiger partial charge in [0.25, 0.3) is 5.91 Å². The number of ether oxygens (including phenoxy) is 1.